The molecular formula is C24H23N3O6S. The fourth-order valence-corrected chi connectivity index (χ4v) is 4.21. The van der Waals surface area contributed by atoms with E-state index in [1.807, 2.05) is 0 Å². The number of hydrogen-bond donors (Lipinski definition) is 2. The van der Waals surface area contributed by atoms with Crippen molar-refractivity contribution in [3.05, 3.63) is 96.1 Å². The minimum Gasteiger partial charge on any atom is -0.444 e. The summed E-state index contributed by atoms with van der Waals surface area (Å²) in [7, 11) is -1.08. The largest absolute Gasteiger partial charge is 0.444 e. The molecule has 10 heteroatoms. The zero-order valence-electron chi connectivity index (χ0n) is 18.5. The fraction of sp³-hybridized carbons (Fsp3) is 0.125. The van der Waals surface area contributed by atoms with Crippen molar-refractivity contribution in [1.29, 1.82) is 0 Å². The Morgan fingerprint density at radius 1 is 0.853 bits per heavy atom. The first-order chi connectivity index (χ1) is 16.2. The SMILES string of the molecule is CNC(=O)NC(=O)[C@H](OC(=O)c1ccc(S(=O)(=O)N(C)c2ccccc2)cc1)c1ccccc1. The molecule has 0 aliphatic heterocycles. The number of amides is 3. The molecule has 0 aliphatic rings. The third-order valence-corrected chi connectivity index (χ3v) is 6.70. The molecule has 0 heterocycles. The lowest BCUT2D eigenvalue weighted by Crippen LogP contribution is -2.41. The van der Waals surface area contributed by atoms with E-state index < -0.39 is 34.0 Å². The van der Waals surface area contributed by atoms with Crippen LogP contribution < -0.4 is 14.9 Å². The normalized spacial score (nSPS) is 11.7. The van der Waals surface area contributed by atoms with E-state index in [0.717, 1.165) is 4.31 Å². The smallest absolute Gasteiger partial charge is 0.339 e. The van der Waals surface area contributed by atoms with E-state index >= 15 is 0 Å². The summed E-state index contributed by atoms with van der Waals surface area (Å²) in [6, 6.07) is 21.2. The number of carbonyl (C=O) groups excluding carboxylic acids is 3. The first kappa shape index (κ1) is 24.5. The van der Waals surface area contributed by atoms with Gasteiger partial charge in [0.1, 0.15) is 0 Å². The van der Waals surface area contributed by atoms with Gasteiger partial charge >= 0.3 is 12.0 Å². The molecule has 3 aromatic rings. The van der Waals surface area contributed by atoms with Gasteiger partial charge in [0.05, 0.1) is 16.1 Å². The van der Waals surface area contributed by atoms with Gasteiger partial charge < -0.3 is 10.1 Å². The van der Waals surface area contributed by atoms with Gasteiger partial charge in [-0.05, 0) is 36.4 Å². The topological polar surface area (TPSA) is 122 Å². The third kappa shape index (κ3) is 5.59. The molecule has 176 valence electrons. The molecule has 0 unspecified atom stereocenters. The summed E-state index contributed by atoms with van der Waals surface area (Å²) >= 11 is 0. The van der Waals surface area contributed by atoms with Gasteiger partial charge in [-0.15, -0.1) is 0 Å². The molecule has 2 N–H and O–H groups in total. The van der Waals surface area contributed by atoms with Crippen molar-refractivity contribution in [2.45, 2.75) is 11.0 Å². The lowest BCUT2D eigenvalue weighted by Gasteiger charge is -2.20. The summed E-state index contributed by atoms with van der Waals surface area (Å²) in [5.41, 5.74) is 0.884. The van der Waals surface area contributed by atoms with Gasteiger partial charge in [-0.3, -0.25) is 14.4 Å². The highest BCUT2D eigenvalue weighted by Gasteiger charge is 2.27. The van der Waals surface area contributed by atoms with E-state index in [9.17, 15) is 22.8 Å². The lowest BCUT2D eigenvalue weighted by molar-refractivity contribution is -0.129. The van der Waals surface area contributed by atoms with Crippen molar-refractivity contribution >= 4 is 33.6 Å². The maximum atomic E-state index is 12.9. The molecular weight excluding hydrogens is 458 g/mol. The highest BCUT2D eigenvalue weighted by molar-refractivity contribution is 7.92. The Morgan fingerprint density at radius 3 is 1.97 bits per heavy atom. The second-order valence-corrected chi connectivity index (χ2v) is 9.07. The Kier molecular flexibility index (Phi) is 7.64. The molecule has 1 atom stereocenters. The maximum absolute atomic E-state index is 12.9. The summed E-state index contributed by atoms with van der Waals surface area (Å²) in [5.74, 6) is -1.69. The standard InChI is InChI=1S/C24H23N3O6S/c1-25-24(30)26-22(28)21(17-9-5-3-6-10-17)33-23(29)18-13-15-20(16-14-18)34(31,32)27(2)19-11-7-4-8-12-19/h3-16,21H,1-2H3,(H2,25,26,28,30)/t21-/m1/s1. The number of imide groups is 1. The number of rotatable bonds is 7. The van der Waals surface area contributed by atoms with Crippen LogP contribution in [0.25, 0.3) is 0 Å². The monoisotopic (exact) mass is 481 g/mol. The molecule has 0 saturated carbocycles. The molecule has 3 aromatic carbocycles. The minimum atomic E-state index is -3.86. The highest BCUT2D eigenvalue weighted by Crippen LogP contribution is 2.23. The van der Waals surface area contributed by atoms with E-state index in [-0.39, 0.29) is 10.5 Å². The van der Waals surface area contributed by atoms with Crippen molar-refractivity contribution in [1.82, 2.24) is 10.6 Å². The van der Waals surface area contributed by atoms with Gasteiger partial charge in [0.2, 0.25) is 6.10 Å². The minimum absolute atomic E-state index is 0.0210. The number of esters is 1. The van der Waals surface area contributed by atoms with Crippen LogP contribution in [0.5, 0.6) is 0 Å². The molecule has 3 rings (SSSR count). The lowest BCUT2D eigenvalue weighted by atomic mass is 10.1. The van der Waals surface area contributed by atoms with Gasteiger partial charge in [-0.1, -0.05) is 48.5 Å². The first-order valence-corrected chi connectivity index (χ1v) is 11.6. The molecule has 34 heavy (non-hydrogen) atoms. The molecule has 0 aromatic heterocycles. The summed E-state index contributed by atoms with van der Waals surface area (Å²) in [6.45, 7) is 0. The summed E-state index contributed by atoms with van der Waals surface area (Å²) in [4.78, 5) is 36.8. The summed E-state index contributed by atoms with van der Waals surface area (Å²) in [6.07, 6.45) is -1.39. The Hall–Kier alpha value is -4.18. The van der Waals surface area contributed by atoms with Crippen molar-refractivity contribution in [2.24, 2.45) is 0 Å². The number of ether oxygens (including phenoxy) is 1. The molecule has 0 spiro atoms. The van der Waals surface area contributed by atoms with Crippen LogP contribution in [0.4, 0.5) is 10.5 Å². The molecule has 0 fully saturated rings. The molecule has 0 bridgehead atoms. The summed E-state index contributed by atoms with van der Waals surface area (Å²) < 4.78 is 32.3. The van der Waals surface area contributed by atoms with Crippen molar-refractivity contribution < 1.29 is 27.5 Å². The number of sulfonamides is 1. The second kappa shape index (κ2) is 10.6. The molecule has 0 radical (unpaired) electrons. The molecule has 9 nitrogen and oxygen atoms in total. The predicted octanol–water partition coefficient (Wildman–Crippen LogP) is 2.87. The van der Waals surface area contributed by atoms with Crippen molar-refractivity contribution in [3.63, 3.8) is 0 Å². The fourth-order valence-electron chi connectivity index (χ4n) is 3.01. The van der Waals surface area contributed by atoms with Crippen LogP contribution in [0, 0.1) is 0 Å². The molecule has 0 aliphatic carbocycles. The van der Waals surface area contributed by atoms with Crippen LogP contribution in [0.15, 0.2) is 89.8 Å². The average molecular weight is 482 g/mol. The van der Waals surface area contributed by atoms with Crippen LogP contribution in [0.3, 0.4) is 0 Å². The Balaban J connectivity index is 1.81. The van der Waals surface area contributed by atoms with Crippen LogP contribution in [-0.4, -0.2) is 40.4 Å². The Labute approximate surface area is 197 Å². The van der Waals surface area contributed by atoms with Crippen molar-refractivity contribution in [2.75, 3.05) is 18.4 Å². The van der Waals surface area contributed by atoms with Gasteiger partial charge in [0, 0.05) is 19.7 Å². The number of para-hydroxylation sites is 1. The number of nitrogens with zero attached hydrogens (tertiary/aromatic N) is 1. The van der Waals surface area contributed by atoms with E-state index in [1.165, 1.54) is 38.4 Å². The number of anilines is 1. The Morgan fingerprint density at radius 2 is 1.41 bits per heavy atom. The predicted molar refractivity (Wildman–Crippen MR) is 126 cm³/mol. The van der Waals surface area contributed by atoms with E-state index in [4.69, 9.17) is 4.74 Å². The van der Waals surface area contributed by atoms with Crippen LogP contribution in [0.1, 0.15) is 22.0 Å². The highest BCUT2D eigenvalue weighted by atomic mass is 32.2. The molecule has 3 amide bonds. The number of urea groups is 1. The van der Waals surface area contributed by atoms with Gasteiger partial charge in [0.15, 0.2) is 0 Å². The number of carbonyl (C=O) groups is 3. The van der Waals surface area contributed by atoms with Gasteiger partial charge in [0.25, 0.3) is 15.9 Å². The number of hydrogen-bond acceptors (Lipinski definition) is 6. The van der Waals surface area contributed by atoms with E-state index in [2.05, 4.69) is 10.6 Å². The third-order valence-electron chi connectivity index (χ3n) is 4.90. The van der Waals surface area contributed by atoms with Crippen LogP contribution in [-0.2, 0) is 19.6 Å². The molecule has 0 saturated heterocycles. The van der Waals surface area contributed by atoms with Gasteiger partial charge in [-0.25, -0.2) is 18.0 Å². The van der Waals surface area contributed by atoms with Gasteiger partial charge in [-0.2, -0.15) is 0 Å². The zero-order valence-corrected chi connectivity index (χ0v) is 19.3. The van der Waals surface area contributed by atoms with Crippen LogP contribution >= 0.6 is 0 Å². The number of benzene rings is 3. The quantitative estimate of drug-likeness (QED) is 0.501. The first-order valence-electron chi connectivity index (χ1n) is 10.2. The Bertz CT molecular complexity index is 1260. The average Bonchev–Trinajstić information content (AvgIpc) is 2.87. The summed E-state index contributed by atoms with van der Waals surface area (Å²) in [5, 5.41) is 4.35. The van der Waals surface area contributed by atoms with E-state index in [1.54, 1.807) is 60.7 Å². The van der Waals surface area contributed by atoms with Crippen LogP contribution in [0.2, 0.25) is 0 Å². The zero-order chi connectivity index (χ0) is 24.7. The number of nitrogens with one attached hydrogen (secondary N) is 2. The maximum Gasteiger partial charge on any atom is 0.339 e. The van der Waals surface area contributed by atoms with Crippen molar-refractivity contribution in [3.8, 4) is 0 Å². The van der Waals surface area contributed by atoms with E-state index in [0.29, 0.717) is 11.3 Å². The second-order valence-electron chi connectivity index (χ2n) is 7.10.